The third-order valence-corrected chi connectivity index (χ3v) is 10.5. The number of ether oxygens (including phenoxy) is 1. The van der Waals surface area contributed by atoms with Gasteiger partial charge >= 0.3 is 18.3 Å². The number of halogens is 6. The third-order valence-electron chi connectivity index (χ3n) is 8.98. The summed E-state index contributed by atoms with van der Waals surface area (Å²) in [6, 6.07) is 19.8. The van der Waals surface area contributed by atoms with Crippen LogP contribution in [0.25, 0.3) is 0 Å². The van der Waals surface area contributed by atoms with E-state index < -0.39 is 35.3 Å². The van der Waals surface area contributed by atoms with E-state index in [4.69, 9.17) is 9.57 Å². The Labute approximate surface area is 299 Å². The minimum Gasteiger partial charge on any atom is -0.489 e. The highest BCUT2D eigenvalue weighted by Crippen LogP contribution is 2.44. The zero-order valence-electron chi connectivity index (χ0n) is 27.8. The van der Waals surface area contributed by atoms with E-state index in [9.17, 15) is 40.7 Å². The van der Waals surface area contributed by atoms with E-state index in [1.165, 1.54) is 33.7 Å². The number of anilines is 2. The van der Waals surface area contributed by atoms with Crippen LogP contribution in [0.1, 0.15) is 36.8 Å². The van der Waals surface area contributed by atoms with Crippen molar-refractivity contribution < 1.29 is 50.3 Å². The highest BCUT2D eigenvalue weighted by molar-refractivity contribution is 8.00. The maximum atomic E-state index is 14.2. The summed E-state index contributed by atoms with van der Waals surface area (Å²) in [4.78, 5) is 49.4. The number of hydrogen-bond donors (Lipinski definition) is 0. The lowest BCUT2D eigenvalue weighted by Crippen LogP contribution is -2.59. The summed E-state index contributed by atoms with van der Waals surface area (Å²) in [5, 5.41) is 0.965. The molecule has 3 aromatic rings. The van der Waals surface area contributed by atoms with Gasteiger partial charge in [-0.1, -0.05) is 36.8 Å². The van der Waals surface area contributed by atoms with Gasteiger partial charge in [-0.2, -0.15) is 31.4 Å². The monoisotopic (exact) mass is 748 g/mol. The van der Waals surface area contributed by atoms with Crippen LogP contribution < -0.4 is 14.5 Å². The van der Waals surface area contributed by atoms with Crippen LogP contribution in [0.3, 0.4) is 0 Å². The van der Waals surface area contributed by atoms with E-state index in [1.807, 2.05) is 0 Å². The molecule has 0 spiro atoms. The third kappa shape index (κ3) is 8.27. The predicted octanol–water partition coefficient (Wildman–Crippen LogP) is 7.15. The fourth-order valence-electron chi connectivity index (χ4n) is 5.90. The second kappa shape index (κ2) is 15.0. The summed E-state index contributed by atoms with van der Waals surface area (Å²) in [5.74, 6) is -2.78. The van der Waals surface area contributed by atoms with Gasteiger partial charge in [-0.15, -0.1) is 11.8 Å². The van der Waals surface area contributed by atoms with Crippen LogP contribution in [0, 0.1) is 0 Å². The maximum Gasteiger partial charge on any atom is 0.493 e. The molecule has 2 aliphatic heterocycles. The summed E-state index contributed by atoms with van der Waals surface area (Å²) < 4.78 is 84.7. The van der Waals surface area contributed by atoms with Crippen molar-refractivity contribution in [2.24, 2.45) is 0 Å². The number of likely N-dealkylation sites (N-methyl/N-ethyl adjacent to an activating group) is 1. The fraction of sp³-hybridized carbons (Fsp3) is 0.361. The number of benzene rings is 3. The van der Waals surface area contributed by atoms with Gasteiger partial charge in [0, 0.05) is 36.6 Å². The number of thioether (sulfide) groups is 1. The minimum absolute atomic E-state index is 0.0169. The average molecular weight is 749 g/mol. The Morgan fingerprint density at radius 3 is 2.19 bits per heavy atom. The van der Waals surface area contributed by atoms with E-state index in [0.717, 1.165) is 36.5 Å². The summed E-state index contributed by atoms with van der Waals surface area (Å²) >= 11 is 1.27. The standard InChI is InChI=1S/C36H34F6N4O5S/c1-43(25-14-16-27(17-15-25)50-22-23-10-12-24(13-11-23)35(37,38)39)21-31(47)44-19-18-30-29(20-44)32(48)45(26-6-3-2-4-7-26)34(52-28-8-5-9-28)46(30)51-33(49)36(40,41)42/h2-4,6-7,10-17,28,34H,5,8-9,18-22H2,1H3. The molecule has 6 rings (SSSR count). The Morgan fingerprint density at radius 2 is 1.60 bits per heavy atom. The van der Waals surface area contributed by atoms with Gasteiger partial charge in [0.05, 0.1) is 29.9 Å². The van der Waals surface area contributed by atoms with Crippen molar-refractivity contribution in [1.82, 2.24) is 9.96 Å². The summed E-state index contributed by atoms with van der Waals surface area (Å²) in [6.07, 6.45) is -7.17. The quantitative estimate of drug-likeness (QED) is 0.203. The van der Waals surface area contributed by atoms with E-state index in [0.29, 0.717) is 22.7 Å². The molecule has 0 aromatic heterocycles. The fourth-order valence-corrected chi connectivity index (χ4v) is 7.47. The minimum atomic E-state index is -5.27. The van der Waals surface area contributed by atoms with Crippen molar-refractivity contribution in [3.63, 3.8) is 0 Å². The number of hydroxylamine groups is 2. The Hall–Kier alpha value is -4.86. The zero-order chi connectivity index (χ0) is 37.2. The van der Waals surface area contributed by atoms with E-state index in [1.54, 1.807) is 66.5 Å². The van der Waals surface area contributed by atoms with Gasteiger partial charge in [0.2, 0.25) is 5.91 Å². The Balaban J connectivity index is 1.15. The lowest BCUT2D eigenvalue weighted by Gasteiger charge is -2.48. The van der Waals surface area contributed by atoms with Gasteiger partial charge in [0.15, 0.2) is 5.50 Å². The Kier molecular flexibility index (Phi) is 10.7. The van der Waals surface area contributed by atoms with Gasteiger partial charge < -0.3 is 19.4 Å². The molecule has 0 radical (unpaired) electrons. The molecular formula is C36H34F6N4O5S. The molecular weight excluding hydrogens is 714 g/mol. The van der Waals surface area contributed by atoms with Gasteiger partial charge in [-0.05, 0) is 66.9 Å². The van der Waals surface area contributed by atoms with Crippen LogP contribution in [0.4, 0.5) is 37.7 Å². The van der Waals surface area contributed by atoms with Crippen LogP contribution in [-0.4, -0.2) is 71.4 Å². The molecule has 16 heteroatoms. The summed E-state index contributed by atoms with van der Waals surface area (Å²) in [7, 11) is 1.69. The van der Waals surface area contributed by atoms with Crippen LogP contribution in [0.15, 0.2) is 90.1 Å². The number of carbonyl (C=O) groups excluding carboxylic acids is 3. The number of nitrogens with zero attached hydrogens (tertiary/aromatic N) is 4. The smallest absolute Gasteiger partial charge is 0.489 e. The van der Waals surface area contributed by atoms with Crippen molar-refractivity contribution in [1.29, 1.82) is 0 Å². The number of amides is 2. The molecule has 0 N–H and O–H groups in total. The van der Waals surface area contributed by atoms with Crippen molar-refractivity contribution >= 4 is 40.9 Å². The van der Waals surface area contributed by atoms with E-state index >= 15 is 0 Å². The number of rotatable bonds is 10. The SMILES string of the molecule is CN(CC(=O)N1CCC2=C(C1)C(=O)N(c1ccccc1)C(SC1CCC1)N2OC(=O)C(F)(F)F)c1ccc(OCc2ccc(C(F)(F)F)cc2)cc1. The molecule has 1 unspecified atom stereocenters. The maximum absolute atomic E-state index is 14.2. The molecule has 3 aliphatic rings. The van der Waals surface area contributed by atoms with Crippen molar-refractivity contribution in [2.75, 3.05) is 36.5 Å². The molecule has 1 fully saturated rings. The van der Waals surface area contributed by atoms with Gasteiger partial charge in [0.25, 0.3) is 5.91 Å². The summed E-state index contributed by atoms with van der Waals surface area (Å²) in [5.41, 5.74) is -0.0365. The lowest BCUT2D eigenvalue weighted by molar-refractivity contribution is -0.235. The first kappa shape index (κ1) is 36.9. The van der Waals surface area contributed by atoms with Crippen LogP contribution in [0.5, 0.6) is 5.75 Å². The van der Waals surface area contributed by atoms with Gasteiger partial charge in [-0.3, -0.25) is 14.5 Å². The zero-order valence-corrected chi connectivity index (χ0v) is 28.6. The Morgan fingerprint density at radius 1 is 0.923 bits per heavy atom. The first-order valence-corrected chi connectivity index (χ1v) is 17.4. The van der Waals surface area contributed by atoms with E-state index in [2.05, 4.69) is 0 Å². The Bertz CT molecular complexity index is 1800. The molecule has 1 saturated carbocycles. The van der Waals surface area contributed by atoms with Crippen LogP contribution in [-0.2, 0) is 32.0 Å². The van der Waals surface area contributed by atoms with Crippen molar-refractivity contribution in [2.45, 2.75) is 55.4 Å². The van der Waals surface area contributed by atoms with Crippen molar-refractivity contribution in [3.05, 3.63) is 101 Å². The van der Waals surface area contributed by atoms with Gasteiger partial charge in [-0.25, -0.2) is 4.79 Å². The molecule has 0 bridgehead atoms. The molecule has 2 heterocycles. The van der Waals surface area contributed by atoms with Crippen LogP contribution in [0.2, 0.25) is 0 Å². The molecule has 2 amide bonds. The highest BCUT2D eigenvalue weighted by atomic mass is 32.2. The van der Waals surface area contributed by atoms with Gasteiger partial charge in [0.1, 0.15) is 12.4 Å². The second-order valence-corrected chi connectivity index (χ2v) is 13.9. The average Bonchev–Trinajstić information content (AvgIpc) is 3.10. The number of carbonyl (C=O) groups is 3. The van der Waals surface area contributed by atoms with Crippen molar-refractivity contribution in [3.8, 4) is 5.75 Å². The summed E-state index contributed by atoms with van der Waals surface area (Å²) in [6.45, 7) is -0.187. The van der Waals surface area contributed by atoms with E-state index in [-0.39, 0.29) is 55.1 Å². The molecule has 1 atom stereocenters. The molecule has 276 valence electrons. The second-order valence-electron chi connectivity index (χ2n) is 12.6. The number of hydrogen-bond acceptors (Lipinski definition) is 8. The molecule has 52 heavy (non-hydrogen) atoms. The largest absolute Gasteiger partial charge is 0.493 e. The normalized spacial score (nSPS) is 18.2. The highest BCUT2D eigenvalue weighted by Gasteiger charge is 2.50. The molecule has 1 aliphatic carbocycles. The molecule has 3 aromatic carbocycles. The molecule has 0 saturated heterocycles. The first-order chi connectivity index (χ1) is 24.7. The predicted molar refractivity (Wildman–Crippen MR) is 181 cm³/mol. The number of para-hydroxylation sites is 1. The topological polar surface area (TPSA) is 82.6 Å². The van der Waals surface area contributed by atoms with Crippen LogP contribution >= 0.6 is 11.8 Å². The molecule has 9 nitrogen and oxygen atoms in total. The first-order valence-electron chi connectivity index (χ1n) is 16.4. The lowest BCUT2D eigenvalue weighted by atomic mass is 10.00. The number of alkyl halides is 6.